The fourth-order valence-corrected chi connectivity index (χ4v) is 0.532. The molecule has 0 bridgehead atoms. The molecule has 0 aliphatic rings. The van der Waals surface area contributed by atoms with Gasteiger partial charge in [0.05, 0.1) is 0 Å². The number of hydrogen-bond donors (Lipinski definition) is 1. The second-order valence-electron chi connectivity index (χ2n) is 1.40. The molecule has 2 N–H and O–H groups in total. The monoisotopic (exact) mass is 148 g/mol. The first-order chi connectivity index (χ1) is 3.80. The number of anilines is 1. The summed E-state index contributed by atoms with van der Waals surface area (Å²) in [6.07, 6.45) is 1.62. The molecule has 42 valence electrons. The predicted molar refractivity (Wildman–Crippen MR) is 34.3 cm³/mol. The number of aromatic nitrogens is 1. The van der Waals surface area contributed by atoms with Crippen LogP contribution >= 0.6 is 0 Å². The summed E-state index contributed by atoms with van der Waals surface area (Å²) in [5.74, 6) is 0. The number of hydrogen-bond acceptors (Lipinski definition) is 3. The van der Waals surface area contributed by atoms with Crippen LogP contribution in [0.1, 0.15) is 0 Å². The van der Waals surface area contributed by atoms with Gasteiger partial charge >= 0.3 is 29.6 Å². The summed E-state index contributed by atoms with van der Waals surface area (Å²) in [7, 11) is 0. The van der Waals surface area contributed by atoms with Crippen LogP contribution in [-0.4, -0.2) is 4.98 Å². The molecule has 0 aliphatic heterocycles. The maximum atomic E-state index is 5.35. The van der Waals surface area contributed by atoms with Crippen LogP contribution in [0.15, 0.2) is 23.4 Å². The Morgan fingerprint density at radius 3 is 2.56 bits per heavy atom. The summed E-state index contributed by atoms with van der Waals surface area (Å²) in [5, 5.41) is 0.479. The zero-order valence-electron chi connectivity index (χ0n) is 5.16. The molecule has 1 aromatic heterocycles. The largest absolute Gasteiger partial charge is 1.00 e. The quantitative estimate of drug-likeness (QED) is 0.328. The van der Waals surface area contributed by atoms with Crippen LogP contribution in [0.5, 0.6) is 0 Å². The molecule has 1 heterocycles. The Morgan fingerprint density at radius 1 is 1.56 bits per heavy atom. The molecule has 0 amide bonds. The molecule has 2 nitrogen and oxygen atoms in total. The van der Waals surface area contributed by atoms with Crippen LogP contribution in [0.3, 0.4) is 0 Å². The first-order valence-corrected chi connectivity index (χ1v) is 2.59. The standard InChI is InChI=1S/C5H6N2S.Na/c6-4-2-1-3-7-5(4)8;/h1-3H,6H2,(H,7,8);/q;+1/p-1. The van der Waals surface area contributed by atoms with Gasteiger partial charge in [-0.15, -0.1) is 0 Å². The first-order valence-electron chi connectivity index (χ1n) is 2.18. The van der Waals surface area contributed by atoms with Crippen molar-refractivity contribution < 1.29 is 29.6 Å². The molecule has 9 heavy (non-hydrogen) atoms. The number of nitrogens with two attached hydrogens (primary N) is 1. The van der Waals surface area contributed by atoms with Crippen molar-refractivity contribution in [2.45, 2.75) is 5.03 Å². The molecule has 0 aromatic carbocycles. The van der Waals surface area contributed by atoms with E-state index < -0.39 is 0 Å². The summed E-state index contributed by atoms with van der Waals surface area (Å²) in [4.78, 5) is 3.77. The van der Waals surface area contributed by atoms with Crippen molar-refractivity contribution in [1.29, 1.82) is 0 Å². The van der Waals surface area contributed by atoms with E-state index in [1.807, 2.05) is 0 Å². The third-order valence-corrected chi connectivity index (χ3v) is 1.14. The van der Waals surface area contributed by atoms with Crippen LogP contribution in [0.2, 0.25) is 0 Å². The van der Waals surface area contributed by atoms with Gasteiger partial charge in [-0.25, -0.2) is 0 Å². The van der Waals surface area contributed by atoms with Gasteiger partial charge in [0.15, 0.2) is 0 Å². The van der Waals surface area contributed by atoms with Gasteiger partial charge in [0, 0.05) is 11.9 Å². The molecule has 4 heteroatoms. The Hall–Kier alpha value is 0.170. The Balaban J connectivity index is 0.000000640. The van der Waals surface area contributed by atoms with E-state index in [-0.39, 0.29) is 29.6 Å². The Bertz CT molecular complexity index is 171. The van der Waals surface area contributed by atoms with Crippen LogP contribution in [0, 0.1) is 0 Å². The van der Waals surface area contributed by atoms with Crippen molar-refractivity contribution in [3.8, 4) is 0 Å². The van der Waals surface area contributed by atoms with Crippen molar-refractivity contribution in [1.82, 2.24) is 4.98 Å². The summed E-state index contributed by atoms with van der Waals surface area (Å²) in [6.45, 7) is 0. The zero-order valence-corrected chi connectivity index (χ0v) is 7.98. The molecule has 1 rings (SSSR count). The van der Waals surface area contributed by atoms with E-state index in [2.05, 4.69) is 4.98 Å². The molecule has 0 aliphatic carbocycles. The van der Waals surface area contributed by atoms with Crippen LogP contribution in [0.4, 0.5) is 5.69 Å². The fraction of sp³-hybridized carbons (Fsp3) is 0. The van der Waals surface area contributed by atoms with E-state index in [1.54, 1.807) is 18.3 Å². The average Bonchev–Trinajstić information content (AvgIpc) is 1.77. The van der Waals surface area contributed by atoms with Crippen molar-refractivity contribution in [2.24, 2.45) is 0 Å². The van der Waals surface area contributed by atoms with Gasteiger partial charge in [0.1, 0.15) is 0 Å². The molecule has 1 aromatic rings. The second kappa shape index (κ2) is 4.06. The maximum Gasteiger partial charge on any atom is 1.00 e. The van der Waals surface area contributed by atoms with Gasteiger partial charge in [-0.1, -0.05) is 5.03 Å². The SMILES string of the molecule is Nc1cccnc1[S-].[Na+]. The molecule has 0 spiro atoms. The van der Waals surface area contributed by atoms with Gasteiger partial charge in [0.2, 0.25) is 0 Å². The van der Waals surface area contributed by atoms with Crippen molar-refractivity contribution in [2.75, 3.05) is 5.73 Å². The molecule has 0 unspecified atom stereocenters. The number of pyridine rings is 1. The molecule has 0 radical (unpaired) electrons. The molecule has 0 atom stereocenters. The molecular weight excluding hydrogens is 143 g/mol. The smallest absolute Gasteiger partial charge is 0.758 e. The molecule has 0 saturated heterocycles. The minimum atomic E-state index is 0. The number of nitrogens with zero attached hydrogens (tertiary/aromatic N) is 1. The van der Waals surface area contributed by atoms with E-state index in [0.717, 1.165) is 0 Å². The normalized spacial score (nSPS) is 8.00. The van der Waals surface area contributed by atoms with Gasteiger partial charge in [0.25, 0.3) is 0 Å². The number of rotatable bonds is 0. The van der Waals surface area contributed by atoms with E-state index in [1.165, 1.54) is 0 Å². The van der Waals surface area contributed by atoms with Crippen LogP contribution in [0.25, 0.3) is 0 Å². The van der Waals surface area contributed by atoms with Crippen LogP contribution < -0.4 is 35.3 Å². The Morgan fingerprint density at radius 2 is 2.22 bits per heavy atom. The summed E-state index contributed by atoms with van der Waals surface area (Å²) in [6, 6.07) is 3.49. The second-order valence-corrected chi connectivity index (χ2v) is 1.78. The minimum Gasteiger partial charge on any atom is -0.758 e. The van der Waals surface area contributed by atoms with Crippen LogP contribution in [-0.2, 0) is 12.6 Å². The first kappa shape index (κ1) is 9.17. The minimum absolute atomic E-state index is 0. The topological polar surface area (TPSA) is 38.9 Å². The van der Waals surface area contributed by atoms with Gasteiger partial charge in [-0.3, -0.25) is 4.98 Å². The average molecular weight is 148 g/mol. The number of nitrogen functional groups attached to an aromatic ring is 1. The predicted octanol–water partition coefficient (Wildman–Crippen LogP) is -2.43. The van der Waals surface area contributed by atoms with Crippen molar-refractivity contribution in [3.63, 3.8) is 0 Å². The van der Waals surface area contributed by atoms with E-state index in [4.69, 9.17) is 18.4 Å². The summed E-state index contributed by atoms with van der Waals surface area (Å²) in [5.41, 5.74) is 5.92. The van der Waals surface area contributed by atoms with Gasteiger partial charge < -0.3 is 18.4 Å². The molecule has 0 saturated carbocycles. The molecular formula is C5H5N2NaS. The Labute approximate surface area is 81.6 Å². The van der Waals surface area contributed by atoms with E-state index in [0.29, 0.717) is 10.7 Å². The third kappa shape index (κ3) is 2.49. The summed E-state index contributed by atoms with van der Waals surface area (Å²) >= 11 is 4.72. The Kier molecular flexibility index (Phi) is 4.14. The fourth-order valence-electron chi connectivity index (χ4n) is 0.403. The van der Waals surface area contributed by atoms with Gasteiger partial charge in [-0.05, 0) is 12.1 Å². The van der Waals surface area contributed by atoms with E-state index in [9.17, 15) is 0 Å². The van der Waals surface area contributed by atoms with Crippen molar-refractivity contribution >= 4 is 18.3 Å². The van der Waals surface area contributed by atoms with Crippen molar-refractivity contribution in [3.05, 3.63) is 18.3 Å². The summed E-state index contributed by atoms with van der Waals surface area (Å²) < 4.78 is 0. The third-order valence-electron chi connectivity index (χ3n) is 0.801. The van der Waals surface area contributed by atoms with Gasteiger partial charge in [-0.2, -0.15) is 0 Å². The maximum absolute atomic E-state index is 5.35. The molecule has 0 fully saturated rings. The van der Waals surface area contributed by atoms with E-state index >= 15 is 0 Å². The zero-order chi connectivity index (χ0) is 5.98.